The van der Waals surface area contributed by atoms with Crippen molar-refractivity contribution in [1.82, 2.24) is 5.32 Å². The second kappa shape index (κ2) is 5.70. The van der Waals surface area contributed by atoms with Crippen LogP contribution in [0.15, 0.2) is 4.99 Å². The van der Waals surface area contributed by atoms with Gasteiger partial charge in [0, 0.05) is 6.54 Å². The number of amidine groups is 1. The van der Waals surface area contributed by atoms with Crippen LogP contribution in [0.2, 0.25) is 0 Å². The molecule has 0 aromatic rings. The third-order valence-electron chi connectivity index (χ3n) is 4.31. The summed E-state index contributed by atoms with van der Waals surface area (Å²) in [5.74, 6) is 0.839. The molecule has 4 N–H and O–H groups in total. The average molecular weight is 316 g/mol. The Kier molecular flexibility index (Phi) is 4.22. The number of ether oxygens (including phenoxy) is 1. The lowest BCUT2D eigenvalue weighted by atomic mass is 9.88. The van der Waals surface area contributed by atoms with Gasteiger partial charge in [-0.05, 0) is 26.2 Å². The number of hydrogen-bond acceptors (Lipinski definition) is 6. The zero-order valence-corrected chi connectivity index (χ0v) is 13.2. The highest BCUT2D eigenvalue weighted by molar-refractivity contribution is 8.14. The third-order valence-corrected chi connectivity index (χ3v) is 5.41. The standard InChI is InChI=1S/C14H24N2O4S/c1-14(2,19)11-10(18)9(17)8-12(20-11)21-13(16-8)15-6-5-7-3-4-7/h7-12,17-19H,3-6H2,1-2H3,(H,15,16)/t8-,9-,10+,11+,12-/m1/s1. The first-order valence-corrected chi connectivity index (χ1v) is 8.46. The van der Waals surface area contributed by atoms with Gasteiger partial charge in [-0.2, -0.15) is 0 Å². The van der Waals surface area contributed by atoms with Gasteiger partial charge in [0.15, 0.2) is 5.17 Å². The Morgan fingerprint density at radius 3 is 2.67 bits per heavy atom. The van der Waals surface area contributed by atoms with Gasteiger partial charge in [0.25, 0.3) is 0 Å². The summed E-state index contributed by atoms with van der Waals surface area (Å²) in [6, 6.07) is -0.386. The Labute approximate surface area is 129 Å². The Balaban J connectivity index is 1.63. The molecule has 3 rings (SSSR count). The molecule has 0 bridgehead atoms. The SMILES string of the molecule is CC(C)(O)[C@H]1O[C@@H]2SC(=NCCC3CC3)N[C@@H]2[C@@H](O)[C@@H]1O. The van der Waals surface area contributed by atoms with Gasteiger partial charge in [-0.25, -0.2) is 0 Å². The Bertz CT molecular complexity index is 422. The lowest BCUT2D eigenvalue weighted by molar-refractivity contribution is -0.210. The van der Waals surface area contributed by atoms with Crippen LogP contribution in [0.25, 0.3) is 0 Å². The molecular formula is C14H24N2O4S. The van der Waals surface area contributed by atoms with Gasteiger partial charge in [-0.3, -0.25) is 4.99 Å². The van der Waals surface area contributed by atoms with Crippen LogP contribution in [0.3, 0.4) is 0 Å². The first kappa shape index (κ1) is 15.6. The van der Waals surface area contributed by atoms with E-state index in [4.69, 9.17) is 4.74 Å². The van der Waals surface area contributed by atoms with Crippen LogP contribution in [-0.4, -0.2) is 62.4 Å². The van der Waals surface area contributed by atoms with Gasteiger partial charge in [0.1, 0.15) is 23.7 Å². The number of nitrogens with zero attached hydrogens (tertiary/aromatic N) is 1. The van der Waals surface area contributed by atoms with Crippen molar-refractivity contribution in [3.63, 3.8) is 0 Å². The molecule has 5 atom stereocenters. The van der Waals surface area contributed by atoms with Gasteiger partial charge in [0.2, 0.25) is 0 Å². The van der Waals surface area contributed by atoms with Crippen molar-refractivity contribution in [2.75, 3.05) is 6.54 Å². The van der Waals surface area contributed by atoms with E-state index in [9.17, 15) is 15.3 Å². The topological polar surface area (TPSA) is 94.3 Å². The molecule has 0 aromatic heterocycles. The molecule has 0 unspecified atom stereocenters. The van der Waals surface area contributed by atoms with Crippen LogP contribution < -0.4 is 5.32 Å². The Morgan fingerprint density at radius 1 is 1.33 bits per heavy atom. The lowest BCUT2D eigenvalue weighted by Crippen LogP contribution is -2.63. The molecule has 2 aliphatic heterocycles. The number of aliphatic hydroxyl groups excluding tert-OH is 2. The van der Waals surface area contributed by atoms with E-state index >= 15 is 0 Å². The zero-order chi connectivity index (χ0) is 15.2. The molecule has 2 saturated heterocycles. The maximum Gasteiger partial charge on any atom is 0.159 e. The zero-order valence-electron chi connectivity index (χ0n) is 12.4. The summed E-state index contributed by atoms with van der Waals surface area (Å²) < 4.78 is 5.79. The van der Waals surface area contributed by atoms with Crippen LogP contribution in [0.4, 0.5) is 0 Å². The molecule has 3 aliphatic rings. The summed E-state index contributed by atoms with van der Waals surface area (Å²) in [5.41, 5.74) is -1.54. The minimum atomic E-state index is -1.21. The number of hydrogen-bond donors (Lipinski definition) is 4. The van der Waals surface area contributed by atoms with E-state index in [1.807, 2.05) is 0 Å². The van der Waals surface area contributed by atoms with Crippen LogP contribution >= 0.6 is 11.8 Å². The molecule has 1 aliphatic carbocycles. The van der Waals surface area contributed by atoms with E-state index < -0.39 is 23.9 Å². The van der Waals surface area contributed by atoms with Gasteiger partial charge >= 0.3 is 0 Å². The molecule has 6 nitrogen and oxygen atoms in total. The van der Waals surface area contributed by atoms with Gasteiger partial charge in [-0.15, -0.1) is 0 Å². The van der Waals surface area contributed by atoms with E-state index in [1.165, 1.54) is 24.6 Å². The van der Waals surface area contributed by atoms with Crippen molar-refractivity contribution in [2.45, 2.75) is 68.5 Å². The highest BCUT2D eigenvalue weighted by atomic mass is 32.2. The summed E-state index contributed by atoms with van der Waals surface area (Å²) in [7, 11) is 0. The molecule has 0 radical (unpaired) electrons. The molecule has 0 aromatic carbocycles. The number of thioether (sulfide) groups is 1. The molecule has 0 spiro atoms. The Hall–Kier alpha value is -0.340. The summed E-state index contributed by atoms with van der Waals surface area (Å²) in [5, 5.41) is 34.4. The van der Waals surface area contributed by atoms with Gasteiger partial charge < -0.3 is 25.4 Å². The summed E-state index contributed by atoms with van der Waals surface area (Å²) in [6.45, 7) is 3.93. The third kappa shape index (κ3) is 3.37. The molecule has 2 heterocycles. The smallest absolute Gasteiger partial charge is 0.159 e. The Morgan fingerprint density at radius 2 is 2.05 bits per heavy atom. The lowest BCUT2D eigenvalue weighted by Gasteiger charge is -2.43. The number of fused-ring (bicyclic) bond motifs is 1. The van der Waals surface area contributed by atoms with E-state index in [0.29, 0.717) is 0 Å². The maximum absolute atomic E-state index is 10.3. The second-order valence-electron chi connectivity index (χ2n) is 6.77. The van der Waals surface area contributed by atoms with Gasteiger partial charge in [-0.1, -0.05) is 24.6 Å². The fourth-order valence-electron chi connectivity index (χ4n) is 2.83. The molecule has 120 valence electrons. The van der Waals surface area contributed by atoms with Crippen molar-refractivity contribution in [3.05, 3.63) is 0 Å². The molecular weight excluding hydrogens is 292 g/mol. The quantitative estimate of drug-likeness (QED) is 0.586. The van der Waals surface area contributed by atoms with Crippen molar-refractivity contribution < 1.29 is 20.1 Å². The van der Waals surface area contributed by atoms with Crippen LogP contribution in [0.5, 0.6) is 0 Å². The van der Waals surface area contributed by atoms with E-state index in [-0.39, 0.29) is 11.5 Å². The highest BCUT2D eigenvalue weighted by Crippen LogP contribution is 2.37. The van der Waals surface area contributed by atoms with E-state index in [2.05, 4.69) is 10.3 Å². The van der Waals surface area contributed by atoms with Crippen LogP contribution in [-0.2, 0) is 4.74 Å². The average Bonchev–Trinajstić information content (AvgIpc) is 3.11. The van der Waals surface area contributed by atoms with Crippen molar-refractivity contribution >= 4 is 16.9 Å². The van der Waals surface area contributed by atoms with Crippen LogP contribution in [0, 0.1) is 5.92 Å². The normalized spacial score (nSPS) is 42.0. The van der Waals surface area contributed by atoms with Gasteiger partial charge in [0.05, 0.1) is 11.6 Å². The van der Waals surface area contributed by atoms with Crippen molar-refractivity contribution in [3.8, 4) is 0 Å². The van der Waals surface area contributed by atoms with E-state index in [0.717, 1.165) is 24.1 Å². The van der Waals surface area contributed by atoms with E-state index in [1.54, 1.807) is 13.8 Å². The molecule has 1 saturated carbocycles. The number of rotatable bonds is 4. The fourth-order valence-corrected chi connectivity index (χ4v) is 3.97. The molecule has 7 heteroatoms. The second-order valence-corrected chi connectivity index (χ2v) is 7.85. The summed E-state index contributed by atoms with van der Waals surface area (Å²) >= 11 is 1.43. The first-order valence-electron chi connectivity index (χ1n) is 7.58. The highest BCUT2D eigenvalue weighted by Gasteiger charge is 2.52. The van der Waals surface area contributed by atoms with Crippen molar-refractivity contribution in [2.24, 2.45) is 10.9 Å². The molecule has 0 amide bonds. The predicted octanol–water partition coefficient (Wildman–Crippen LogP) is 0.0651. The van der Waals surface area contributed by atoms with Crippen LogP contribution in [0.1, 0.15) is 33.1 Å². The monoisotopic (exact) mass is 316 g/mol. The minimum Gasteiger partial charge on any atom is -0.388 e. The minimum absolute atomic E-state index is 0.334. The fraction of sp³-hybridized carbons (Fsp3) is 0.929. The predicted molar refractivity (Wildman–Crippen MR) is 81.1 cm³/mol. The summed E-state index contributed by atoms with van der Waals surface area (Å²) in [6.07, 6.45) is 0.831. The number of aliphatic hydroxyl groups is 3. The summed E-state index contributed by atoms with van der Waals surface area (Å²) in [4.78, 5) is 4.51. The number of aliphatic imine (C=N–C) groups is 1. The molecule has 21 heavy (non-hydrogen) atoms. The molecule has 3 fully saturated rings. The largest absolute Gasteiger partial charge is 0.388 e. The first-order chi connectivity index (χ1) is 9.86. The maximum atomic E-state index is 10.3. The number of nitrogens with one attached hydrogen (secondary N) is 1. The van der Waals surface area contributed by atoms with Crippen molar-refractivity contribution in [1.29, 1.82) is 0 Å².